The Kier molecular flexibility index (Phi) is 2.57. The number of likely N-dealkylation sites (N-methyl/N-ethyl adjacent to an activating group) is 1. The molecule has 2 heterocycles. The van der Waals surface area contributed by atoms with Gasteiger partial charge in [-0.3, -0.25) is 4.68 Å². The maximum Gasteiger partial charge on any atom is 0.125 e. The predicted octanol–water partition coefficient (Wildman–Crippen LogP) is 1.47. The van der Waals surface area contributed by atoms with Gasteiger partial charge in [-0.15, -0.1) is 0 Å². The molecule has 2 aromatic rings. The zero-order valence-electron chi connectivity index (χ0n) is 9.61. The van der Waals surface area contributed by atoms with Crippen molar-refractivity contribution < 1.29 is 9.13 Å². The van der Waals surface area contributed by atoms with E-state index in [0.29, 0.717) is 12.1 Å². The fourth-order valence-corrected chi connectivity index (χ4v) is 2.34. The minimum absolute atomic E-state index is 0.00999. The summed E-state index contributed by atoms with van der Waals surface area (Å²) >= 11 is 0. The molecule has 3 rings (SSSR count). The van der Waals surface area contributed by atoms with E-state index in [2.05, 4.69) is 10.4 Å². The Hall–Kier alpha value is -1.46. The summed E-state index contributed by atoms with van der Waals surface area (Å²) in [7, 11) is 1.89. The topological polar surface area (TPSA) is 39.1 Å². The van der Waals surface area contributed by atoms with Crippen molar-refractivity contribution in [3.8, 4) is 0 Å². The molecule has 4 nitrogen and oxygen atoms in total. The maximum absolute atomic E-state index is 13.2. The predicted molar refractivity (Wildman–Crippen MR) is 62.3 cm³/mol. The van der Waals surface area contributed by atoms with Gasteiger partial charge in [0.1, 0.15) is 11.9 Å². The highest BCUT2D eigenvalue weighted by Gasteiger charge is 2.24. The minimum atomic E-state index is -0.251. The molecule has 0 spiro atoms. The third-order valence-electron chi connectivity index (χ3n) is 3.06. The highest BCUT2D eigenvalue weighted by Crippen LogP contribution is 2.29. The van der Waals surface area contributed by atoms with Crippen LogP contribution >= 0.6 is 0 Å². The van der Waals surface area contributed by atoms with E-state index in [0.717, 1.165) is 24.2 Å². The van der Waals surface area contributed by atoms with E-state index in [1.807, 2.05) is 11.7 Å². The van der Waals surface area contributed by atoms with Crippen LogP contribution in [0.25, 0.3) is 10.9 Å². The number of hydrogen-bond acceptors (Lipinski definition) is 3. The van der Waals surface area contributed by atoms with Crippen molar-refractivity contribution in [3.05, 3.63) is 29.7 Å². The molecule has 1 aromatic carbocycles. The average molecular weight is 235 g/mol. The van der Waals surface area contributed by atoms with Gasteiger partial charge in [-0.25, -0.2) is 4.39 Å². The van der Waals surface area contributed by atoms with Crippen LogP contribution in [0.5, 0.6) is 0 Å². The van der Waals surface area contributed by atoms with Crippen molar-refractivity contribution in [1.29, 1.82) is 0 Å². The van der Waals surface area contributed by atoms with Crippen LogP contribution in [0.15, 0.2) is 18.2 Å². The molecular weight excluding hydrogens is 221 g/mol. The van der Waals surface area contributed by atoms with E-state index in [-0.39, 0.29) is 11.9 Å². The highest BCUT2D eigenvalue weighted by atomic mass is 19.1. The SMILES string of the molecule is CNCC1OCCn2nc3cc(F)ccc3c21. The molecule has 17 heavy (non-hydrogen) atoms. The summed E-state index contributed by atoms with van der Waals surface area (Å²) in [6.45, 7) is 2.11. The van der Waals surface area contributed by atoms with E-state index in [4.69, 9.17) is 4.74 Å². The van der Waals surface area contributed by atoms with Crippen LogP contribution < -0.4 is 5.32 Å². The second-order valence-electron chi connectivity index (χ2n) is 4.19. The monoisotopic (exact) mass is 235 g/mol. The summed E-state index contributed by atoms with van der Waals surface area (Å²) in [5.41, 5.74) is 1.74. The summed E-state index contributed by atoms with van der Waals surface area (Å²) in [5, 5.41) is 8.50. The number of aromatic nitrogens is 2. The molecule has 0 bridgehead atoms. The van der Waals surface area contributed by atoms with Gasteiger partial charge in [0.2, 0.25) is 0 Å². The number of ether oxygens (including phenoxy) is 1. The smallest absolute Gasteiger partial charge is 0.125 e. The summed E-state index contributed by atoms with van der Waals surface area (Å²) in [6.07, 6.45) is -0.00999. The van der Waals surface area contributed by atoms with Crippen molar-refractivity contribution >= 4 is 10.9 Å². The number of rotatable bonds is 2. The first-order valence-electron chi connectivity index (χ1n) is 5.72. The Bertz CT molecular complexity index is 552. The summed E-state index contributed by atoms with van der Waals surface area (Å²) in [4.78, 5) is 0. The van der Waals surface area contributed by atoms with Gasteiger partial charge in [0, 0.05) is 18.0 Å². The molecule has 5 heteroatoms. The third-order valence-corrected chi connectivity index (χ3v) is 3.06. The van der Waals surface area contributed by atoms with Gasteiger partial charge < -0.3 is 10.1 Å². The lowest BCUT2D eigenvalue weighted by molar-refractivity contribution is 0.0195. The fourth-order valence-electron chi connectivity index (χ4n) is 2.34. The third kappa shape index (κ3) is 1.71. The normalized spacial score (nSPS) is 19.5. The second-order valence-corrected chi connectivity index (χ2v) is 4.19. The molecule has 1 aliphatic heterocycles. The maximum atomic E-state index is 13.2. The quantitative estimate of drug-likeness (QED) is 0.856. The number of nitrogens with one attached hydrogen (secondary N) is 1. The molecule has 0 amide bonds. The Labute approximate surface area is 98.4 Å². The van der Waals surface area contributed by atoms with Crippen molar-refractivity contribution in [1.82, 2.24) is 15.1 Å². The fraction of sp³-hybridized carbons (Fsp3) is 0.417. The molecule has 0 fully saturated rings. The molecule has 90 valence electrons. The first-order valence-corrected chi connectivity index (χ1v) is 5.72. The largest absolute Gasteiger partial charge is 0.369 e. The summed E-state index contributed by atoms with van der Waals surface area (Å²) < 4.78 is 20.8. The standard InChI is InChI=1S/C12H14FN3O/c1-14-7-11-12-9-3-2-8(13)6-10(9)15-16(12)4-5-17-11/h2-3,6,11,14H,4-5,7H2,1H3. The van der Waals surface area contributed by atoms with Crippen LogP contribution in [-0.4, -0.2) is 30.0 Å². The molecule has 0 saturated carbocycles. The zero-order chi connectivity index (χ0) is 11.8. The van der Waals surface area contributed by atoms with Crippen LogP contribution in [-0.2, 0) is 11.3 Å². The number of hydrogen-bond donors (Lipinski definition) is 1. The Morgan fingerprint density at radius 1 is 1.59 bits per heavy atom. The highest BCUT2D eigenvalue weighted by molar-refractivity contribution is 5.82. The Morgan fingerprint density at radius 2 is 2.47 bits per heavy atom. The first-order chi connectivity index (χ1) is 8.29. The number of fused-ring (bicyclic) bond motifs is 3. The van der Waals surface area contributed by atoms with Crippen LogP contribution in [0, 0.1) is 5.82 Å². The van der Waals surface area contributed by atoms with Crippen LogP contribution in [0.1, 0.15) is 11.8 Å². The molecule has 0 saturated heterocycles. The number of benzene rings is 1. The van der Waals surface area contributed by atoms with Crippen molar-refractivity contribution in [2.24, 2.45) is 0 Å². The van der Waals surface area contributed by atoms with E-state index in [1.54, 1.807) is 6.07 Å². The summed E-state index contributed by atoms with van der Waals surface area (Å²) in [5.74, 6) is -0.251. The van der Waals surface area contributed by atoms with E-state index >= 15 is 0 Å². The number of halogens is 1. The lowest BCUT2D eigenvalue weighted by Gasteiger charge is -2.24. The zero-order valence-corrected chi connectivity index (χ0v) is 9.61. The van der Waals surface area contributed by atoms with Crippen molar-refractivity contribution in [2.45, 2.75) is 12.6 Å². The van der Waals surface area contributed by atoms with E-state index in [1.165, 1.54) is 12.1 Å². The van der Waals surface area contributed by atoms with E-state index < -0.39 is 0 Å². The molecule has 1 aromatic heterocycles. The van der Waals surface area contributed by atoms with Crippen LogP contribution in [0.2, 0.25) is 0 Å². The van der Waals surface area contributed by atoms with Crippen molar-refractivity contribution in [2.75, 3.05) is 20.2 Å². The minimum Gasteiger partial charge on any atom is -0.369 e. The van der Waals surface area contributed by atoms with E-state index in [9.17, 15) is 4.39 Å². The first kappa shape index (κ1) is 10.7. The Balaban J connectivity index is 2.17. The lowest BCUT2D eigenvalue weighted by Crippen LogP contribution is -2.28. The van der Waals surface area contributed by atoms with Gasteiger partial charge >= 0.3 is 0 Å². The molecule has 0 radical (unpaired) electrons. The van der Waals surface area contributed by atoms with Gasteiger partial charge in [-0.2, -0.15) is 5.10 Å². The molecule has 1 atom stereocenters. The molecule has 1 N–H and O–H groups in total. The van der Waals surface area contributed by atoms with Gasteiger partial charge in [0.05, 0.1) is 24.4 Å². The molecular formula is C12H14FN3O. The van der Waals surface area contributed by atoms with Crippen LogP contribution in [0.3, 0.4) is 0 Å². The molecule has 1 aliphatic rings. The summed E-state index contributed by atoms with van der Waals surface area (Å²) in [6, 6.07) is 4.72. The van der Waals surface area contributed by atoms with Gasteiger partial charge in [0.15, 0.2) is 0 Å². The Morgan fingerprint density at radius 3 is 3.29 bits per heavy atom. The average Bonchev–Trinajstić information content (AvgIpc) is 2.67. The molecule has 1 unspecified atom stereocenters. The molecule has 0 aliphatic carbocycles. The van der Waals surface area contributed by atoms with Gasteiger partial charge in [-0.05, 0) is 19.2 Å². The number of nitrogens with zero attached hydrogens (tertiary/aromatic N) is 2. The lowest BCUT2D eigenvalue weighted by atomic mass is 10.1. The van der Waals surface area contributed by atoms with Gasteiger partial charge in [0.25, 0.3) is 0 Å². The van der Waals surface area contributed by atoms with Gasteiger partial charge in [-0.1, -0.05) is 0 Å². The van der Waals surface area contributed by atoms with Crippen LogP contribution in [0.4, 0.5) is 4.39 Å². The van der Waals surface area contributed by atoms with Crippen molar-refractivity contribution in [3.63, 3.8) is 0 Å². The second kappa shape index (κ2) is 4.09.